The van der Waals surface area contributed by atoms with Gasteiger partial charge in [0, 0.05) is 0 Å². The fraction of sp³-hybridized carbons (Fsp3) is 0.125. The summed E-state index contributed by atoms with van der Waals surface area (Å²) in [5.41, 5.74) is 1.21. The van der Waals surface area contributed by atoms with Crippen LogP contribution >= 0.6 is 12.2 Å². The molecule has 0 aliphatic carbocycles. The standard InChI is InChI=1S/C8H7OSSe/c1-6-2-4-7(5-3-6)9-8(10)11/h2-5H,1H3. The van der Waals surface area contributed by atoms with Crippen LogP contribution in [0.1, 0.15) is 5.56 Å². The van der Waals surface area contributed by atoms with Crippen LogP contribution < -0.4 is 4.74 Å². The monoisotopic (exact) mass is 231 g/mol. The van der Waals surface area contributed by atoms with Crippen molar-refractivity contribution in [3.8, 4) is 5.75 Å². The normalized spacial score (nSPS) is 9.18. The van der Waals surface area contributed by atoms with Crippen molar-refractivity contribution in [2.24, 2.45) is 0 Å². The minimum absolute atomic E-state index is 0.425. The van der Waals surface area contributed by atoms with Crippen molar-refractivity contribution in [3.63, 3.8) is 0 Å². The molecule has 0 unspecified atom stereocenters. The zero-order chi connectivity index (χ0) is 8.27. The van der Waals surface area contributed by atoms with E-state index in [4.69, 9.17) is 17.0 Å². The summed E-state index contributed by atoms with van der Waals surface area (Å²) in [6.07, 6.45) is 0. The first-order valence-corrected chi connectivity index (χ1v) is 4.40. The second kappa shape index (κ2) is 3.86. The molecule has 1 aromatic rings. The molecule has 1 aromatic carbocycles. The molecule has 1 radical (unpaired) electrons. The molecule has 0 fully saturated rings. The Morgan fingerprint density at radius 1 is 1.36 bits per heavy atom. The van der Waals surface area contributed by atoms with Gasteiger partial charge in [0.2, 0.25) is 0 Å². The number of hydrogen-bond donors (Lipinski definition) is 0. The molecule has 0 amide bonds. The van der Waals surface area contributed by atoms with Gasteiger partial charge in [-0.15, -0.1) is 0 Å². The van der Waals surface area contributed by atoms with Crippen molar-refractivity contribution < 1.29 is 4.74 Å². The molecule has 57 valence electrons. The summed E-state index contributed by atoms with van der Waals surface area (Å²) in [7, 11) is 0. The molecular weight excluding hydrogens is 223 g/mol. The van der Waals surface area contributed by atoms with E-state index in [0.717, 1.165) is 5.75 Å². The van der Waals surface area contributed by atoms with E-state index in [2.05, 4.69) is 16.0 Å². The molecule has 0 N–H and O–H groups in total. The molecule has 1 rings (SSSR count). The molecule has 0 spiro atoms. The summed E-state index contributed by atoms with van der Waals surface area (Å²) in [5, 5.41) is 0. The maximum atomic E-state index is 5.15. The van der Waals surface area contributed by atoms with Crippen molar-refractivity contribution in [3.05, 3.63) is 29.8 Å². The Bertz CT molecular complexity index is 255. The molecule has 0 heterocycles. The van der Waals surface area contributed by atoms with Crippen molar-refractivity contribution in [2.45, 2.75) is 6.92 Å². The van der Waals surface area contributed by atoms with Crippen LogP contribution in [0.5, 0.6) is 5.75 Å². The van der Waals surface area contributed by atoms with Gasteiger partial charge < -0.3 is 0 Å². The molecular formula is C8H7OSSe. The van der Waals surface area contributed by atoms with E-state index < -0.39 is 0 Å². The van der Waals surface area contributed by atoms with E-state index in [0.29, 0.717) is 3.95 Å². The van der Waals surface area contributed by atoms with Gasteiger partial charge in [-0.05, 0) is 0 Å². The van der Waals surface area contributed by atoms with E-state index in [1.807, 2.05) is 31.2 Å². The Balaban J connectivity index is 2.74. The Labute approximate surface area is 79.6 Å². The van der Waals surface area contributed by atoms with Gasteiger partial charge in [-0.3, -0.25) is 0 Å². The fourth-order valence-corrected chi connectivity index (χ4v) is 1.00. The van der Waals surface area contributed by atoms with Crippen LogP contribution in [0.2, 0.25) is 0 Å². The molecule has 0 bridgehead atoms. The molecule has 1 nitrogen and oxygen atoms in total. The topological polar surface area (TPSA) is 9.23 Å². The van der Waals surface area contributed by atoms with Gasteiger partial charge in [0.05, 0.1) is 0 Å². The SMILES string of the molecule is Cc1ccc(OC(=S)[Se])cc1. The van der Waals surface area contributed by atoms with Gasteiger partial charge in [-0.25, -0.2) is 0 Å². The average Bonchev–Trinajstić information content (AvgIpc) is 1.93. The Kier molecular flexibility index (Phi) is 3.06. The van der Waals surface area contributed by atoms with Crippen molar-refractivity contribution >= 4 is 32.2 Å². The molecule has 3 heteroatoms. The number of hydrogen-bond acceptors (Lipinski definition) is 2. The third-order valence-electron chi connectivity index (χ3n) is 1.22. The number of ether oxygens (including phenoxy) is 1. The molecule has 0 saturated heterocycles. The van der Waals surface area contributed by atoms with E-state index in [-0.39, 0.29) is 0 Å². The fourth-order valence-electron chi connectivity index (χ4n) is 0.703. The number of thiocarbonyl (C=S) groups is 1. The van der Waals surface area contributed by atoms with Gasteiger partial charge in [0.25, 0.3) is 0 Å². The number of aryl methyl sites for hydroxylation is 1. The van der Waals surface area contributed by atoms with E-state index in [9.17, 15) is 0 Å². The quantitative estimate of drug-likeness (QED) is 0.537. The number of rotatable bonds is 1. The zero-order valence-electron chi connectivity index (χ0n) is 6.03. The summed E-state index contributed by atoms with van der Waals surface area (Å²) < 4.78 is 5.57. The van der Waals surface area contributed by atoms with Crippen LogP contribution in [-0.2, 0) is 0 Å². The molecule has 11 heavy (non-hydrogen) atoms. The Morgan fingerprint density at radius 2 is 1.91 bits per heavy atom. The van der Waals surface area contributed by atoms with Gasteiger partial charge in [0.1, 0.15) is 0 Å². The maximum absolute atomic E-state index is 5.15. The molecule has 0 aliphatic heterocycles. The summed E-state index contributed by atoms with van der Waals surface area (Å²) in [6, 6.07) is 7.74. The third kappa shape index (κ3) is 3.02. The van der Waals surface area contributed by atoms with Gasteiger partial charge >= 0.3 is 79.4 Å². The summed E-state index contributed by atoms with van der Waals surface area (Å²) in [5.74, 6) is 0.777. The predicted octanol–water partition coefficient (Wildman–Crippen LogP) is 1.83. The van der Waals surface area contributed by atoms with Crippen LogP contribution in [0.25, 0.3) is 0 Å². The van der Waals surface area contributed by atoms with Gasteiger partial charge in [-0.1, -0.05) is 0 Å². The Morgan fingerprint density at radius 3 is 2.36 bits per heavy atom. The van der Waals surface area contributed by atoms with Crippen molar-refractivity contribution in [1.29, 1.82) is 0 Å². The van der Waals surface area contributed by atoms with E-state index in [1.165, 1.54) is 5.56 Å². The van der Waals surface area contributed by atoms with Gasteiger partial charge in [-0.2, -0.15) is 0 Å². The first kappa shape index (κ1) is 8.72. The summed E-state index contributed by atoms with van der Waals surface area (Å²) in [6.45, 7) is 2.03. The van der Waals surface area contributed by atoms with Crippen LogP contribution in [0, 0.1) is 6.92 Å². The van der Waals surface area contributed by atoms with Crippen molar-refractivity contribution in [1.82, 2.24) is 0 Å². The Hall–Kier alpha value is -0.371. The summed E-state index contributed by atoms with van der Waals surface area (Å²) in [4.78, 5) is 0. The molecule has 0 atom stereocenters. The zero-order valence-corrected chi connectivity index (χ0v) is 8.56. The van der Waals surface area contributed by atoms with Crippen LogP contribution in [0.4, 0.5) is 0 Å². The first-order valence-electron chi connectivity index (χ1n) is 3.14. The van der Waals surface area contributed by atoms with E-state index >= 15 is 0 Å². The number of benzene rings is 1. The van der Waals surface area contributed by atoms with Crippen LogP contribution in [0.15, 0.2) is 24.3 Å². The van der Waals surface area contributed by atoms with E-state index in [1.54, 1.807) is 0 Å². The molecule has 0 saturated carbocycles. The predicted molar refractivity (Wildman–Crippen MR) is 50.2 cm³/mol. The molecule has 0 aliphatic rings. The molecule has 0 aromatic heterocycles. The van der Waals surface area contributed by atoms with Crippen LogP contribution in [-0.4, -0.2) is 20.0 Å². The minimum atomic E-state index is 0.425. The second-order valence-corrected chi connectivity index (χ2v) is 3.90. The summed E-state index contributed by atoms with van der Waals surface area (Å²) >= 11 is 7.34. The van der Waals surface area contributed by atoms with Gasteiger partial charge in [0.15, 0.2) is 0 Å². The average molecular weight is 230 g/mol. The van der Waals surface area contributed by atoms with Crippen LogP contribution in [0.3, 0.4) is 0 Å². The first-order chi connectivity index (χ1) is 5.18. The van der Waals surface area contributed by atoms with Crippen molar-refractivity contribution in [2.75, 3.05) is 0 Å². The second-order valence-electron chi connectivity index (χ2n) is 2.17. The third-order valence-corrected chi connectivity index (χ3v) is 1.48.